The molecule has 0 fully saturated rings. The van der Waals surface area contributed by atoms with E-state index < -0.39 is 5.97 Å². The maximum atomic E-state index is 11.6. The van der Waals surface area contributed by atoms with Gasteiger partial charge in [0.15, 0.2) is 0 Å². The molecule has 1 aromatic rings. The summed E-state index contributed by atoms with van der Waals surface area (Å²) < 4.78 is 4.98. The summed E-state index contributed by atoms with van der Waals surface area (Å²) in [5.74, 6) is -0.171. The van der Waals surface area contributed by atoms with Crippen LogP contribution in [0.4, 0.5) is 0 Å². The Hall–Kier alpha value is -2.29. The second-order valence-corrected chi connectivity index (χ2v) is 3.58. The molecule has 0 spiro atoms. The van der Waals surface area contributed by atoms with Crippen LogP contribution in [0, 0.1) is 0 Å². The molecule has 1 N–H and O–H groups in total. The largest absolute Gasteiger partial charge is 0.508 e. The highest BCUT2D eigenvalue weighted by atomic mass is 16.5. The summed E-state index contributed by atoms with van der Waals surface area (Å²) in [6, 6.07) is 5.80. The first-order valence-corrected chi connectivity index (χ1v) is 5.03. The summed E-state index contributed by atoms with van der Waals surface area (Å²) in [4.78, 5) is 11.6. The lowest BCUT2D eigenvalue weighted by atomic mass is 10.2. The molecule has 0 aliphatic rings. The Labute approximate surface area is 100 Å². The lowest BCUT2D eigenvalue weighted by Gasteiger charge is -2.03. The van der Waals surface area contributed by atoms with Crippen LogP contribution in [-0.4, -0.2) is 11.1 Å². The first-order valence-electron chi connectivity index (χ1n) is 5.03. The van der Waals surface area contributed by atoms with E-state index in [9.17, 15) is 4.79 Å². The fraction of sp³-hybridized carbons (Fsp3) is 0.0714. The number of hydrogen-bond donors (Lipinski definition) is 1. The predicted molar refractivity (Wildman–Crippen MR) is 66.6 cm³/mol. The summed E-state index contributed by atoms with van der Waals surface area (Å²) in [6.07, 6.45) is 3.27. The van der Waals surface area contributed by atoms with E-state index in [0.717, 1.165) is 5.57 Å². The number of phenols is 1. The molecule has 0 saturated carbocycles. The second kappa shape index (κ2) is 5.70. The Balaban J connectivity index is 2.63. The zero-order valence-corrected chi connectivity index (χ0v) is 9.64. The highest BCUT2D eigenvalue weighted by Gasteiger charge is 2.07. The van der Waals surface area contributed by atoms with Crippen molar-refractivity contribution in [3.63, 3.8) is 0 Å². The molecule has 0 radical (unpaired) electrons. The van der Waals surface area contributed by atoms with E-state index in [1.807, 2.05) is 6.92 Å². The van der Waals surface area contributed by atoms with Gasteiger partial charge in [0.25, 0.3) is 0 Å². The normalized spacial score (nSPS) is 10.2. The van der Waals surface area contributed by atoms with Crippen LogP contribution in [0.5, 0.6) is 5.75 Å². The van der Waals surface area contributed by atoms with Gasteiger partial charge in [0.05, 0.1) is 5.56 Å². The third kappa shape index (κ3) is 4.38. The molecule has 3 nitrogen and oxygen atoms in total. The van der Waals surface area contributed by atoms with Gasteiger partial charge < -0.3 is 9.84 Å². The van der Waals surface area contributed by atoms with Gasteiger partial charge in [0.1, 0.15) is 11.5 Å². The van der Waals surface area contributed by atoms with Gasteiger partial charge in [-0.05, 0) is 37.3 Å². The molecule has 0 bridgehead atoms. The van der Waals surface area contributed by atoms with E-state index in [0.29, 0.717) is 5.56 Å². The van der Waals surface area contributed by atoms with Crippen LogP contribution in [0.2, 0.25) is 0 Å². The van der Waals surface area contributed by atoms with Crippen LogP contribution < -0.4 is 0 Å². The van der Waals surface area contributed by atoms with Crippen molar-refractivity contribution < 1.29 is 14.6 Å². The van der Waals surface area contributed by atoms with E-state index >= 15 is 0 Å². The highest BCUT2D eigenvalue weighted by Crippen LogP contribution is 2.12. The van der Waals surface area contributed by atoms with Crippen molar-refractivity contribution in [3.8, 4) is 5.75 Å². The van der Waals surface area contributed by atoms with Crippen LogP contribution in [0.3, 0.4) is 0 Å². The van der Waals surface area contributed by atoms with Crippen molar-refractivity contribution >= 4 is 5.97 Å². The van der Waals surface area contributed by atoms with E-state index in [4.69, 9.17) is 9.84 Å². The van der Waals surface area contributed by atoms with Crippen molar-refractivity contribution in [2.24, 2.45) is 0 Å². The summed E-state index contributed by atoms with van der Waals surface area (Å²) in [5, 5.41) is 9.08. The number of esters is 1. The van der Waals surface area contributed by atoms with Gasteiger partial charge >= 0.3 is 5.97 Å². The Kier molecular flexibility index (Phi) is 4.29. The fourth-order valence-corrected chi connectivity index (χ4v) is 1.04. The van der Waals surface area contributed by atoms with Gasteiger partial charge in [-0.3, -0.25) is 0 Å². The molecule has 0 heterocycles. The van der Waals surface area contributed by atoms with E-state index in [2.05, 4.69) is 13.2 Å². The summed E-state index contributed by atoms with van der Waals surface area (Å²) in [7, 11) is 0. The van der Waals surface area contributed by atoms with Crippen molar-refractivity contribution in [1.29, 1.82) is 0 Å². The van der Waals surface area contributed by atoms with E-state index in [1.54, 1.807) is 12.2 Å². The molecule has 3 heteroatoms. The van der Waals surface area contributed by atoms with Gasteiger partial charge in [-0.15, -0.1) is 0 Å². The molecule has 17 heavy (non-hydrogen) atoms. The SMILES string of the molecule is C=C(C)/C=C\C(=C)OC(=O)c1ccc(O)cc1. The molecule has 0 amide bonds. The lowest BCUT2D eigenvalue weighted by molar-refractivity contribution is 0.0638. The van der Waals surface area contributed by atoms with Crippen molar-refractivity contribution in [3.05, 3.63) is 66.5 Å². The third-order valence-electron chi connectivity index (χ3n) is 1.88. The number of benzene rings is 1. The van der Waals surface area contributed by atoms with Crippen LogP contribution in [0.15, 0.2) is 60.9 Å². The average molecular weight is 230 g/mol. The Bertz CT molecular complexity index is 467. The molecule has 88 valence electrons. The Morgan fingerprint density at radius 1 is 1.24 bits per heavy atom. The topological polar surface area (TPSA) is 46.5 Å². The standard InChI is InChI=1S/C14H14O3/c1-10(2)4-5-11(3)17-14(16)12-6-8-13(15)9-7-12/h4-9,15H,1,3H2,2H3/b5-4-. The summed E-state index contributed by atoms with van der Waals surface area (Å²) >= 11 is 0. The molecular weight excluding hydrogens is 216 g/mol. The number of carbonyl (C=O) groups is 1. The van der Waals surface area contributed by atoms with Crippen LogP contribution >= 0.6 is 0 Å². The minimum atomic E-state index is -0.513. The van der Waals surface area contributed by atoms with Gasteiger partial charge in [-0.25, -0.2) is 4.79 Å². The van der Waals surface area contributed by atoms with Gasteiger partial charge in [-0.2, -0.15) is 0 Å². The second-order valence-electron chi connectivity index (χ2n) is 3.58. The third-order valence-corrected chi connectivity index (χ3v) is 1.88. The van der Waals surface area contributed by atoms with E-state index in [-0.39, 0.29) is 11.5 Å². The Morgan fingerprint density at radius 2 is 1.82 bits per heavy atom. The van der Waals surface area contributed by atoms with Gasteiger partial charge in [-0.1, -0.05) is 24.8 Å². The fourth-order valence-electron chi connectivity index (χ4n) is 1.04. The smallest absolute Gasteiger partial charge is 0.343 e. The number of ether oxygens (including phenoxy) is 1. The zero-order valence-electron chi connectivity index (χ0n) is 9.64. The van der Waals surface area contributed by atoms with Crippen LogP contribution in [0.25, 0.3) is 0 Å². The number of aromatic hydroxyl groups is 1. The van der Waals surface area contributed by atoms with Crippen molar-refractivity contribution in [2.45, 2.75) is 6.92 Å². The quantitative estimate of drug-likeness (QED) is 0.491. The number of phenolic OH excluding ortho intramolecular Hbond substituents is 1. The molecule has 0 atom stereocenters. The molecule has 1 rings (SSSR count). The maximum absolute atomic E-state index is 11.6. The molecule has 0 saturated heterocycles. The Morgan fingerprint density at radius 3 is 2.35 bits per heavy atom. The molecule has 1 aromatic carbocycles. The minimum Gasteiger partial charge on any atom is -0.508 e. The monoisotopic (exact) mass is 230 g/mol. The van der Waals surface area contributed by atoms with Crippen molar-refractivity contribution in [2.75, 3.05) is 0 Å². The molecule has 0 aromatic heterocycles. The summed E-state index contributed by atoms with van der Waals surface area (Å²) in [5.41, 5.74) is 1.19. The molecule has 0 aliphatic heterocycles. The molecule has 0 unspecified atom stereocenters. The first-order chi connectivity index (χ1) is 7.99. The van der Waals surface area contributed by atoms with Crippen molar-refractivity contribution in [1.82, 2.24) is 0 Å². The molecule has 0 aliphatic carbocycles. The number of rotatable bonds is 4. The van der Waals surface area contributed by atoms with Gasteiger partial charge in [0, 0.05) is 0 Å². The number of hydrogen-bond acceptors (Lipinski definition) is 3. The lowest BCUT2D eigenvalue weighted by Crippen LogP contribution is -2.03. The average Bonchev–Trinajstić information content (AvgIpc) is 2.27. The highest BCUT2D eigenvalue weighted by molar-refractivity contribution is 5.90. The molecular formula is C14H14O3. The maximum Gasteiger partial charge on any atom is 0.343 e. The minimum absolute atomic E-state index is 0.0996. The first kappa shape index (κ1) is 12.8. The summed E-state index contributed by atoms with van der Waals surface area (Å²) in [6.45, 7) is 9.09. The van der Waals surface area contributed by atoms with Gasteiger partial charge in [0.2, 0.25) is 0 Å². The predicted octanol–water partition coefficient (Wildman–Crippen LogP) is 3.20. The zero-order chi connectivity index (χ0) is 12.8. The number of allylic oxidation sites excluding steroid dienone is 3. The number of carbonyl (C=O) groups excluding carboxylic acids is 1. The van der Waals surface area contributed by atoms with Crippen LogP contribution in [0.1, 0.15) is 17.3 Å². The van der Waals surface area contributed by atoms with Crippen LogP contribution in [-0.2, 0) is 4.74 Å². The van der Waals surface area contributed by atoms with E-state index in [1.165, 1.54) is 24.3 Å².